The Morgan fingerprint density at radius 3 is 2.27 bits per heavy atom. The quantitative estimate of drug-likeness (QED) is 0.568. The van der Waals surface area contributed by atoms with Crippen molar-refractivity contribution in [2.24, 2.45) is 5.41 Å². The molecule has 0 spiro atoms. The summed E-state index contributed by atoms with van der Waals surface area (Å²) in [5.41, 5.74) is 0.379. The second-order valence-corrected chi connectivity index (χ2v) is 3.87. The van der Waals surface area contributed by atoms with Gasteiger partial charge in [0, 0.05) is 13.1 Å². The number of rotatable bonds is 6. The monoisotopic (exact) mass is 158 g/mol. The van der Waals surface area contributed by atoms with Crippen molar-refractivity contribution in [3.05, 3.63) is 0 Å². The molecule has 0 aliphatic rings. The highest BCUT2D eigenvalue weighted by Crippen LogP contribution is 2.10. The Morgan fingerprint density at radius 2 is 1.82 bits per heavy atom. The summed E-state index contributed by atoms with van der Waals surface area (Å²) in [6.07, 6.45) is 1.22. The predicted molar refractivity (Wildman–Crippen MR) is 50.9 cm³/mol. The van der Waals surface area contributed by atoms with E-state index in [2.05, 4.69) is 31.4 Å². The fraction of sp³-hybridized carbons (Fsp3) is 1.00. The van der Waals surface area contributed by atoms with Gasteiger partial charge < -0.3 is 10.6 Å². The van der Waals surface area contributed by atoms with Gasteiger partial charge in [0.15, 0.2) is 0 Å². The third-order valence-corrected chi connectivity index (χ3v) is 1.69. The average molecular weight is 158 g/mol. The highest BCUT2D eigenvalue weighted by atomic mass is 14.9. The molecule has 0 atom stereocenters. The van der Waals surface area contributed by atoms with Gasteiger partial charge in [-0.25, -0.2) is 0 Å². The Hall–Kier alpha value is -0.0800. The van der Waals surface area contributed by atoms with E-state index < -0.39 is 0 Å². The lowest BCUT2D eigenvalue weighted by Gasteiger charge is -2.24. The molecule has 0 radical (unpaired) electrons. The van der Waals surface area contributed by atoms with Gasteiger partial charge in [-0.05, 0) is 25.4 Å². The second-order valence-electron chi connectivity index (χ2n) is 3.87. The van der Waals surface area contributed by atoms with Crippen LogP contribution in [0.4, 0.5) is 0 Å². The lowest BCUT2D eigenvalue weighted by atomic mass is 9.93. The van der Waals surface area contributed by atoms with E-state index in [1.165, 1.54) is 6.42 Å². The van der Waals surface area contributed by atoms with Gasteiger partial charge in [0.25, 0.3) is 0 Å². The number of nitrogens with one attached hydrogen (secondary N) is 2. The van der Waals surface area contributed by atoms with Crippen molar-refractivity contribution in [1.82, 2.24) is 10.6 Å². The highest BCUT2D eigenvalue weighted by molar-refractivity contribution is 4.72. The van der Waals surface area contributed by atoms with E-state index in [9.17, 15) is 0 Å². The van der Waals surface area contributed by atoms with E-state index in [-0.39, 0.29) is 0 Å². The molecule has 0 saturated heterocycles. The molecule has 0 unspecified atom stereocenters. The topological polar surface area (TPSA) is 24.1 Å². The zero-order valence-corrected chi connectivity index (χ0v) is 8.33. The van der Waals surface area contributed by atoms with Crippen molar-refractivity contribution in [1.29, 1.82) is 0 Å². The van der Waals surface area contributed by atoms with E-state index in [1.54, 1.807) is 0 Å². The first-order chi connectivity index (χ1) is 5.12. The Bertz CT molecular complexity index is 89.6. The van der Waals surface area contributed by atoms with Crippen LogP contribution in [0.1, 0.15) is 27.2 Å². The van der Waals surface area contributed by atoms with Crippen LogP contribution in [0.3, 0.4) is 0 Å². The molecule has 0 aromatic heterocycles. The van der Waals surface area contributed by atoms with Crippen molar-refractivity contribution in [2.45, 2.75) is 27.2 Å². The van der Waals surface area contributed by atoms with Gasteiger partial charge in [0.05, 0.1) is 0 Å². The Labute approximate surface area is 70.8 Å². The zero-order valence-electron chi connectivity index (χ0n) is 8.33. The molecule has 0 bridgehead atoms. The normalized spacial score (nSPS) is 12.0. The van der Waals surface area contributed by atoms with Crippen molar-refractivity contribution in [3.63, 3.8) is 0 Å². The first-order valence-electron chi connectivity index (χ1n) is 4.47. The molecule has 2 N–H and O–H groups in total. The average Bonchev–Trinajstić information content (AvgIpc) is 1.87. The maximum atomic E-state index is 3.42. The minimum absolute atomic E-state index is 0.379. The van der Waals surface area contributed by atoms with Crippen LogP contribution < -0.4 is 10.6 Å². The molecule has 68 valence electrons. The molecule has 0 saturated carbocycles. The molecule has 0 aromatic carbocycles. The molecule has 11 heavy (non-hydrogen) atoms. The fourth-order valence-corrected chi connectivity index (χ4v) is 1.14. The van der Waals surface area contributed by atoms with Gasteiger partial charge in [0.2, 0.25) is 0 Å². The lowest BCUT2D eigenvalue weighted by molar-refractivity contribution is 0.330. The first kappa shape index (κ1) is 10.9. The maximum absolute atomic E-state index is 3.42. The predicted octanol–water partition coefficient (Wildman–Crippen LogP) is 1.23. The minimum Gasteiger partial charge on any atom is -0.319 e. The van der Waals surface area contributed by atoms with Crippen LogP contribution in [0.5, 0.6) is 0 Å². The summed E-state index contributed by atoms with van der Waals surface area (Å²) in [5.74, 6) is 0. The smallest absolute Gasteiger partial charge is 0.00147 e. The standard InChI is InChI=1S/C9H22N2/c1-5-6-11-8-9(2,3)7-10-4/h10-11H,5-8H2,1-4H3. The molecule has 0 aromatic rings. The summed E-state index contributed by atoms with van der Waals surface area (Å²) < 4.78 is 0. The largest absolute Gasteiger partial charge is 0.319 e. The molecule has 0 fully saturated rings. The molecule has 2 nitrogen and oxygen atoms in total. The van der Waals surface area contributed by atoms with Gasteiger partial charge in [-0.15, -0.1) is 0 Å². The van der Waals surface area contributed by atoms with E-state index in [1.807, 2.05) is 7.05 Å². The zero-order chi connectivity index (χ0) is 8.74. The van der Waals surface area contributed by atoms with Crippen molar-refractivity contribution < 1.29 is 0 Å². The molecule has 2 heteroatoms. The van der Waals surface area contributed by atoms with Gasteiger partial charge in [-0.3, -0.25) is 0 Å². The number of hydrogen-bond acceptors (Lipinski definition) is 2. The maximum Gasteiger partial charge on any atom is 0.00147 e. The molecule has 0 heterocycles. The van der Waals surface area contributed by atoms with E-state index >= 15 is 0 Å². The molecule has 0 amide bonds. The van der Waals surface area contributed by atoms with Gasteiger partial charge in [0.1, 0.15) is 0 Å². The van der Waals surface area contributed by atoms with Crippen LogP contribution in [0.2, 0.25) is 0 Å². The number of hydrogen-bond donors (Lipinski definition) is 2. The SMILES string of the molecule is CCCNCC(C)(C)CNC. The van der Waals surface area contributed by atoms with Crippen LogP contribution in [0.25, 0.3) is 0 Å². The minimum atomic E-state index is 0.379. The highest BCUT2D eigenvalue weighted by Gasteiger charge is 2.14. The molecule has 0 aliphatic heterocycles. The third kappa shape index (κ3) is 6.32. The summed E-state index contributed by atoms with van der Waals surface area (Å²) in [6, 6.07) is 0. The van der Waals surface area contributed by atoms with Crippen LogP contribution in [0, 0.1) is 5.41 Å². The summed E-state index contributed by atoms with van der Waals surface area (Å²) >= 11 is 0. The van der Waals surface area contributed by atoms with E-state index in [0.29, 0.717) is 5.41 Å². The van der Waals surface area contributed by atoms with Crippen molar-refractivity contribution in [3.8, 4) is 0 Å². The van der Waals surface area contributed by atoms with Gasteiger partial charge >= 0.3 is 0 Å². The van der Waals surface area contributed by atoms with Crippen LogP contribution in [-0.2, 0) is 0 Å². The molecular weight excluding hydrogens is 136 g/mol. The molecule has 0 aliphatic carbocycles. The van der Waals surface area contributed by atoms with Crippen molar-refractivity contribution in [2.75, 3.05) is 26.7 Å². The lowest BCUT2D eigenvalue weighted by Crippen LogP contribution is -2.37. The first-order valence-corrected chi connectivity index (χ1v) is 4.47. The summed E-state index contributed by atoms with van der Waals surface area (Å²) in [7, 11) is 2.00. The Balaban J connectivity index is 3.38. The van der Waals surface area contributed by atoms with E-state index in [0.717, 1.165) is 19.6 Å². The summed E-state index contributed by atoms with van der Waals surface area (Å²) in [4.78, 5) is 0. The van der Waals surface area contributed by atoms with Gasteiger partial charge in [-0.1, -0.05) is 20.8 Å². The summed E-state index contributed by atoms with van der Waals surface area (Å²) in [6.45, 7) is 10.0. The second kappa shape index (κ2) is 5.56. The van der Waals surface area contributed by atoms with Crippen LogP contribution >= 0.6 is 0 Å². The Morgan fingerprint density at radius 1 is 1.18 bits per heavy atom. The molecular formula is C9H22N2. The van der Waals surface area contributed by atoms with Crippen LogP contribution in [-0.4, -0.2) is 26.7 Å². The fourth-order valence-electron chi connectivity index (χ4n) is 1.14. The third-order valence-electron chi connectivity index (χ3n) is 1.69. The summed E-state index contributed by atoms with van der Waals surface area (Å²) in [5, 5.41) is 6.62. The van der Waals surface area contributed by atoms with Gasteiger partial charge in [-0.2, -0.15) is 0 Å². The van der Waals surface area contributed by atoms with Crippen LogP contribution in [0.15, 0.2) is 0 Å². The van der Waals surface area contributed by atoms with Crippen molar-refractivity contribution >= 4 is 0 Å². The van der Waals surface area contributed by atoms with E-state index in [4.69, 9.17) is 0 Å². The Kier molecular flexibility index (Phi) is 5.51. The molecule has 0 rings (SSSR count).